The van der Waals surface area contributed by atoms with Gasteiger partial charge in [-0.1, -0.05) is 19.1 Å². The number of hydrogen-bond donors (Lipinski definition) is 2. The minimum absolute atomic E-state index is 0.0227. The third kappa shape index (κ3) is 5.35. The first kappa shape index (κ1) is 12.7. The summed E-state index contributed by atoms with van der Waals surface area (Å²) in [5.41, 5.74) is 0.696. The molecule has 14 heavy (non-hydrogen) atoms. The number of rotatable bonds is 7. The van der Waals surface area contributed by atoms with Crippen molar-refractivity contribution in [2.24, 2.45) is 5.92 Å². The van der Waals surface area contributed by atoms with E-state index in [2.05, 4.69) is 6.58 Å². The molecule has 1 unspecified atom stereocenters. The molecule has 0 amide bonds. The molecule has 0 saturated heterocycles. The van der Waals surface area contributed by atoms with Crippen LogP contribution in [0.4, 0.5) is 0 Å². The monoisotopic (exact) mass is 200 g/mol. The predicted octanol–water partition coefficient (Wildman–Crippen LogP) is 1.91. The van der Waals surface area contributed by atoms with Crippen molar-refractivity contribution in [3.05, 3.63) is 12.2 Å². The quantitative estimate of drug-likeness (QED) is 0.615. The zero-order valence-electron chi connectivity index (χ0n) is 8.32. The van der Waals surface area contributed by atoms with E-state index in [0.29, 0.717) is 24.8 Å². The van der Waals surface area contributed by atoms with E-state index in [-0.39, 0.29) is 6.42 Å². The van der Waals surface area contributed by atoms with Crippen LogP contribution in [0.5, 0.6) is 0 Å². The molecular formula is C10H16O4. The summed E-state index contributed by atoms with van der Waals surface area (Å²) in [6, 6.07) is 0. The van der Waals surface area contributed by atoms with Gasteiger partial charge in [-0.15, -0.1) is 0 Å². The van der Waals surface area contributed by atoms with Crippen LogP contribution in [-0.4, -0.2) is 22.2 Å². The lowest BCUT2D eigenvalue weighted by atomic mass is 9.95. The molecule has 0 rings (SSSR count). The summed E-state index contributed by atoms with van der Waals surface area (Å²) in [6.07, 6.45) is 1.30. The van der Waals surface area contributed by atoms with Crippen LogP contribution >= 0.6 is 0 Å². The molecular weight excluding hydrogens is 184 g/mol. The number of carbonyl (C=O) groups is 2. The fourth-order valence-corrected chi connectivity index (χ4v) is 1.14. The van der Waals surface area contributed by atoms with E-state index < -0.39 is 17.9 Å². The van der Waals surface area contributed by atoms with E-state index in [1.807, 2.05) is 0 Å². The van der Waals surface area contributed by atoms with Crippen LogP contribution < -0.4 is 0 Å². The average Bonchev–Trinajstić information content (AvgIpc) is 2.10. The highest BCUT2D eigenvalue weighted by atomic mass is 16.4. The Morgan fingerprint density at radius 3 is 2.21 bits per heavy atom. The maximum atomic E-state index is 10.6. The van der Waals surface area contributed by atoms with Gasteiger partial charge < -0.3 is 10.2 Å². The predicted molar refractivity (Wildman–Crippen MR) is 52.0 cm³/mol. The fraction of sp³-hybridized carbons (Fsp3) is 0.600. The molecule has 0 aliphatic heterocycles. The van der Waals surface area contributed by atoms with Crippen molar-refractivity contribution in [1.82, 2.24) is 0 Å². The number of allylic oxidation sites excluding steroid dienone is 1. The molecule has 0 radical (unpaired) electrons. The second-order valence-electron chi connectivity index (χ2n) is 3.29. The van der Waals surface area contributed by atoms with Gasteiger partial charge in [0.2, 0.25) is 0 Å². The van der Waals surface area contributed by atoms with Gasteiger partial charge in [-0.3, -0.25) is 9.59 Å². The largest absolute Gasteiger partial charge is 0.481 e. The maximum Gasteiger partial charge on any atom is 0.306 e. The second-order valence-corrected chi connectivity index (χ2v) is 3.29. The fourth-order valence-electron chi connectivity index (χ4n) is 1.14. The molecule has 0 bridgehead atoms. The van der Waals surface area contributed by atoms with Gasteiger partial charge in [0, 0.05) is 6.42 Å². The third-order valence-corrected chi connectivity index (χ3v) is 2.07. The van der Waals surface area contributed by atoms with Gasteiger partial charge in [-0.25, -0.2) is 0 Å². The molecule has 1 atom stereocenters. The first-order valence-electron chi connectivity index (χ1n) is 4.58. The summed E-state index contributed by atoms with van der Waals surface area (Å²) in [6.45, 7) is 5.47. The minimum atomic E-state index is -0.880. The minimum Gasteiger partial charge on any atom is -0.481 e. The SMILES string of the molecule is C=C(CCC(=O)O)CC(CC)C(=O)O. The van der Waals surface area contributed by atoms with Gasteiger partial charge >= 0.3 is 11.9 Å². The molecule has 0 saturated carbocycles. The molecule has 0 aliphatic carbocycles. The molecule has 2 N–H and O–H groups in total. The van der Waals surface area contributed by atoms with E-state index in [0.717, 1.165) is 0 Å². The zero-order chi connectivity index (χ0) is 11.1. The van der Waals surface area contributed by atoms with Gasteiger partial charge in [0.1, 0.15) is 0 Å². The third-order valence-electron chi connectivity index (χ3n) is 2.07. The zero-order valence-corrected chi connectivity index (χ0v) is 8.32. The van der Waals surface area contributed by atoms with Crippen molar-refractivity contribution < 1.29 is 19.8 Å². The molecule has 0 aromatic carbocycles. The molecule has 4 nitrogen and oxygen atoms in total. The summed E-state index contributed by atoms with van der Waals surface area (Å²) in [4.78, 5) is 20.9. The lowest BCUT2D eigenvalue weighted by molar-refractivity contribution is -0.141. The molecule has 80 valence electrons. The van der Waals surface area contributed by atoms with E-state index in [1.54, 1.807) is 6.92 Å². The summed E-state index contributed by atoms with van der Waals surface area (Å²) in [5, 5.41) is 17.1. The van der Waals surface area contributed by atoms with Crippen molar-refractivity contribution in [2.45, 2.75) is 32.6 Å². The summed E-state index contributed by atoms with van der Waals surface area (Å²) in [7, 11) is 0. The summed E-state index contributed by atoms with van der Waals surface area (Å²) in [5.74, 6) is -2.16. The average molecular weight is 200 g/mol. The molecule has 0 aromatic heterocycles. The van der Waals surface area contributed by atoms with E-state index >= 15 is 0 Å². The number of hydrogen-bond acceptors (Lipinski definition) is 2. The Morgan fingerprint density at radius 2 is 1.86 bits per heavy atom. The lowest BCUT2D eigenvalue weighted by Gasteiger charge is -2.10. The van der Waals surface area contributed by atoms with Gasteiger partial charge in [0.15, 0.2) is 0 Å². The summed E-state index contributed by atoms with van der Waals surface area (Å²) >= 11 is 0. The van der Waals surface area contributed by atoms with E-state index in [1.165, 1.54) is 0 Å². The van der Waals surface area contributed by atoms with Crippen molar-refractivity contribution in [2.75, 3.05) is 0 Å². The van der Waals surface area contributed by atoms with Crippen molar-refractivity contribution in [3.63, 3.8) is 0 Å². The highest BCUT2D eigenvalue weighted by Gasteiger charge is 2.16. The molecule has 0 spiro atoms. The molecule has 4 heteroatoms. The van der Waals surface area contributed by atoms with E-state index in [4.69, 9.17) is 10.2 Å². The Balaban J connectivity index is 3.91. The van der Waals surface area contributed by atoms with Crippen LogP contribution in [0.3, 0.4) is 0 Å². The normalized spacial score (nSPS) is 12.1. The molecule has 0 aromatic rings. The van der Waals surface area contributed by atoms with Crippen LogP contribution in [0.25, 0.3) is 0 Å². The van der Waals surface area contributed by atoms with Gasteiger partial charge in [0.25, 0.3) is 0 Å². The number of carboxylic acids is 2. The molecule has 0 aliphatic rings. The van der Waals surface area contributed by atoms with Crippen LogP contribution in [-0.2, 0) is 9.59 Å². The lowest BCUT2D eigenvalue weighted by Crippen LogP contribution is -2.13. The number of carboxylic acid groups (broad SMARTS) is 2. The topological polar surface area (TPSA) is 74.6 Å². The van der Waals surface area contributed by atoms with Crippen LogP contribution in [0.2, 0.25) is 0 Å². The Bertz CT molecular complexity index is 232. The van der Waals surface area contributed by atoms with Crippen molar-refractivity contribution >= 4 is 11.9 Å². The van der Waals surface area contributed by atoms with Crippen molar-refractivity contribution in [3.8, 4) is 0 Å². The Hall–Kier alpha value is -1.32. The highest BCUT2D eigenvalue weighted by Crippen LogP contribution is 2.17. The molecule has 0 heterocycles. The van der Waals surface area contributed by atoms with Crippen LogP contribution in [0.15, 0.2) is 12.2 Å². The highest BCUT2D eigenvalue weighted by molar-refractivity contribution is 5.70. The Labute approximate surface area is 83.2 Å². The Morgan fingerprint density at radius 1 is 1.29 bits per heavy atom. The van der Waals surface area contributed by atoms with Gasteiger partial charge in [-0.2, -0.15) is 0 Å². The van der Waals surface area contributed by atoms with Crippen LogP contribution in [0.1, 0.15) is 32.6 Å². The number of aliphatic carboxylic acids is 2. The van der Waals surface area contributed by atoms with Crippen molar-refractivity contribution in [1.29, 1.82) is 0 Å². The molecule has 0 fully saturated rings. The van der Waals surface area contributed by atoms with Crippen LogP contribution in [0, 0.1) is 5.92 Å². The van der Waals surface area contributed by atoms with Gasteiger partial charge in [-0.05, 0) is 19.3 Å². The summed E-state index contributed by atoms with van der Waals surface area (Å²) < 4.78 is 0. The smallest absolute Gasteiger partial charge is 0.306 e. The Kier molecular flexibility index (Phi) is 5.60. The second kappa shape index (κ2) is 6.18. The van der Waals surface area contributed by atoms with E-state index in [9.17, 15) is 9.59 Å². The standard InChI is InChI=1S/C10H16O4/c1-3-8(10(13)14)6-7(2)4-5-9(11)12/h8H,2-6H2,1H3,(H,11,12)(H,13,14). The van der Waals surface area contributed by atoms with Gasteiger partial charge in [0.05, 0.1) is 5.92 Å². The maximum absolute atomic E-state index is 10.6. The first-order valence-corrected chi connectivity index (χ1v) is 4.58. The first-order chi connectivity index (χ1) is 6.47.